The largest absolute Gasteiger partial charge is 0.324 e. The van der Waals surface area contributed by atoms with Crippen molar-refractivity contribution in [3.63, 3.8) is 0 Å². The number of aryl methyl sites for hydroxylation is 1. The van der Waals surface area contributed by atoms with Gasteiger partial charge in [-0.05, 0) is 48.1 Å². The first-order valence-electron chi connectivity index (χ1n) is 5.31. The summed E-state index contributed by atoms with van der Waals surface area (Å²) in [5.74, 6) is -1.65. The van der Waals surface area contributed by atoms with E-state index in [1.165, 1.54) is 10.9 Å². The molecule has 17 heavy (non-hydrogen) atoms. The van der Waals surface area contributed by atoms with E-state index in [2.05, 4.69) is 0 Å². The maximum Gasteiger partial charge on any atom is 0.159 e. The number of halogens is 2. The first-order valence-corrected chi connectivity index (χ1v) is 6.19. The number of thiophene rings is 1. The fraction of sp³-hybridized carbons (Fsp3) is 0.231. The quantitative estimate of drug-likeness (QED) is 0.889. The van der Waals surface area contributed by atoms with Crippen LogP contribution in [0.2, 0.25) is 0 Å². The fourth-order valence-electron chi connectivity index (χ4n) is 1.70. The summed E-state index contributed by atoms with van der Waals surface area (Å²) in [6.45, 7) is 2.01. The Morgan fingerprint density at radius 3 is 2.59 bits per heavy atom. The fourth-order valence-corrected chi connectivity index (χ4v) is 2.47. The highest BCUT2D eigenvalue weighted by Gasteiger charge is 2.10. The van der Waals surface area contributed by atoms with E-state index in [0.717, 1.165) is 11.6 Å². The van der Waals surface area contributed by atoms with E-state index in [1.807, 2.05) is 18.4 Å². The van der Waals surface area contributed by atoms with Crippen molar-refractivity contribution in [1.82, 2.24) is 0 Å². The molecule has 1 aromatic heterocycles. The highest BCUT2D eigenvalue weighted by Crippen LogP contribution is 2.22. The van der Waals surface area contributed by atoms with Crippen LogP contribution in [0.3, 0.4) is 0 Å². The average molecular weight is 253 g/mol. The predicted molar refractivity (Wildman–Crippen MR) is 66.0 cm³/mol. The molecule has 0 aliphatic rings. The summed E-state index contributed by atoms with van der Waals surface area (Å²) in [4.78, 5) is 1.20. The van der Waals surface area contributed by atoms with Crippen molar-refractivity contribution in [1.29, 1.82) is 0 Å². The van der Waals surface area contributed by atoms with E-state index in [4.69, 9.17) is 5.73 Å². The molecule has 1 heterocycles. The number of hydrogen-bond donors (Lipinski definition) is 1. The molecule has 0 saturated heterocycles. The average Bonchev–Trinajstić information content (AvgIpc) is 2.70. The molecule has 2 aromatic rings. The maximum atomic E-state index is 13.0. The van der Waals surface area contributed by atoms with Crippen LogP contribution >= 0.6 is 11.3 Å². The lowest BCUT2D eigenvalue weighted by molar-refractivity contribution is 0.506. The minimum Gasteiger partial charge on any atom is -0.324 e. The van der Waals surface area contributed by atoms with Gasteiger partial charge in [-0.1, -0.05) is 6.07 Å². The van der Waals surface area contributed by atoms with Crippen molar-refractivity contribution >= 4 is 11.3 Å². The summed E-state index contributed by atoms with van der Waals surface area (Å²) >= 11 is 1.63. The van der Waals surface area contributed by atoms with Crippen LogP contribution in [0.5, 0.6) is 0 Å². The van der Waals surface area contributed by atoms with Gasteiger partial charge in [0, 0.05) is 10.9 Å². The lowest BCUT2D eigenvalue weighted by Crippen LogP contribution is -2.12. The van der Waals surface area contributed by atoms with Gasteiger partial charge in [-0.3, -0.25) is 0 Å². The molecule has 0 radical (unpaired) electrons. The molecular weight excluding hydrogens is 240 g/mol. The van der Waals surface area contributed by atoms with Crippen molar-refractivity contribution in [3.8, 4) is 0 Å². The van der Waals surface area contributed by atoms with Crippen molar-refractivity contribution in [2.75, 3.05) is 0 Å². The smallest absolute Gasteiger partial charge is 0.159 e. The first-order chi connectivity index (χ1) is 8.06. The van der Waals surface area contributed by atoms with Gasteiger partial charge in [0.2, 0.25) is 0 Å². The van der Waals surface area contributed by atoms with Crippen LogP contribution in [-0.2, 0) is 6.42 Å². The second-order valence-electron chi connectivity index (χ2n) is 4.05. The highest BCUT2D eigenvalue weighted by atomic mass is 32.1. The van der Waals surface area contributed by atoms with Crippen molar-refractivity contribution in [2.45, 2.75) is 19.4 Å². The third kappa shape index (κ3) is 2.90. The summed E-state index contributed by atoms with van der Waals surface area (Å²) in [7, 11) is 0. The van der Waals surface area contributed by atoms with Crippen molar-refractivity contribution in [3.05, 3.63) is 57.3 Å². The number of benzene rings is 1. The molecule has 1 nitrogen and oxygen atoms in total. The first kappa shape index (κ1) is 12.2. The molecule has 1 aromatic carbocycles. The van der Waals surface area contributed by atoms with Crippen molar-refractivity contribution in [2.24, 2.45) is 5.73 Å². The second kappa shape index (κ2) is 4.94. The monoisotopic (exact) mass is 253 g/mol. The van der Waals surface area contributed by atoms with Gasteiger partial charge in [0.05, 0.1) is 0 Å². The second-order valence-corrected chi connectivity index (χ2v) is 5.17. The SMILES string of the molecule is Cc1cc(C(N)Cc2ccc(F)c(F)c2)cs1. The van der Waals surface area contributed by atoms with Gasteiger partial charge in [0.15, 0.2) is 11.6 Å². The maximum absolute atomic E-state index is 13.0. The molecule has 90 valence electrons. The van der Waals surface area contributed by atoms with E-state index in [-0.39, 0.29) is 6.04 Å². The molecule has 1 atom stereocenters. The van der Waals surface area contributed by atoms with Crippen LogP contribution in [0.4, 0.5) is 8.78 Å². The van der Waals surface area contributed by atoms with Gasteiger partial charge in [-0.15, -0.1) is 11.3 Å². The molecule has 0 spiro atoms. The minimum absolute atomic E-state index is 0.176. The van der Waals surface area contributed by atoms with E-state index >= 15 is 0 Å². The normalized spacial score (nSPS) is 12.7. The van der Waals surface area contributed by atoms with Gasteiger partial charge >= 0.3 is 0 Å². The zero-order valence-corrected chi connectivity index (χ0v) is 10.2. The Morgan fingerprint density at radius 2 is 2.00 bits per heavy atom. The lowest BCUT2D eigenvalue weighted by Gasteiger charge is -2.10. The summed E-state index contributed by atoms with van der Waals surface area (Å²) in [5, 5.41) is 2.00. The third-order valence-corrected chi connectivity index (χ3v) is 3.50. The Balaban J connectivity index is 2.12. The standard InChI is InChI=1S/C13H13F2NS/c1-8-4-10(7-17-8)13(16)6-9-2-3-11(14)12(15)5-9/h2-5,7,13H,6,16H2,1H3. The van der Waals surface area contributed by atoms with Crippen LogP contribution in [0.25, 0.3) is 0 Å². The molecule has 0 aliphatic heterocycles. The lowest BCUT2D eigenvalue weighted by atomic mass is 10.0. The zero-order chi connectivity index (χ0) is 12.4. The molecule has 0 saturated carbocycles. The summed E-state index contributed by atoms with van der Waals surface area (Å²) in [6, 6.07) is 5.75. The van der Waals surface area contributed by atoms with Crippen LogP contribution < -0.4 is 5.73 Å². The zero-order valence-electron chi connectivity index (χ0n) is 9.41. The summed E-state index contributed by atoms with van der Waals surface area (Å²) in [5.41, 5.74) is 7.77. The topological polar surface area (TPSA) is 26.0 Å². The molecule has 0 bridgehead atoms. The number of nitrogens with two attached hydrogens (primary N) is 1. The van der Waals surface area contributed by atoms with Gasteiger partial charge in [-0.2, -0.15) is 0 Å². The van der Waals surface area contributed by atoms with Gasteiger partial charge in [0.1, 0.15) is 0 Å². The summed E-state index contributed by atoms with van der Waals surface area (Å²) < 4.78 is 25.8. The van der Waals surface area contributed by atoms with E-state index < -0.39 is 11.6 Å². The molecular formula is C13H13F2NS. The minimum atomic E-state index is -0.825. The number of hydrogen-bond acceptors (Lipinski definition) is 2. The highest BCUT2D eigenvalue weighted by molar-refractivity contribution is 7.10. The van der Waals surface area contributed by atoms with Crippen LogP contribution in [0.15, 0.2) is 29.6 Å². The van der Waals surface area contributed by atoms with Gasteiger partial charge in [-0.25, -0.2) is 8.78 Å². The number of rotatable bonds is 3. The molecule has 0 fully saturated rings. The molecule has 1 unspecified atom stereocenters. The van der Waals surface area contributed by atoms with E-state index in [1.54, 1.807) is 17.4 Å². The Morgan fingerprint density at radius 1 is 1.24 bits per heavy atom. The Kier molecular flexibility index (Phi) is 3.54. The molecule has 0 aliphatic carbocycles. The van der Waals surface area contributed by atoms with Crippen LogP contribution in [0, 0.1) is 18.6 Å². The van der Waals surface area contributed by atoms with E-state index in [0.29, 0.717) is 12.0 Å². The van der Waals surface area contributed by atoms with Crippen molar-refractivity contribution < 1.29 is 8.78 Å². The molecule has 2 rings (SSSR count). The molecule has 4 heteroatoms. The van der Waals surface area contributed by atoms with E-state index in [9.17, 15) is 8.78 Å². The summed E-state index contributed by atoms with van der Waals surface area (Å²) in [6.07, 6.45) is 0.507. The third-order valence-electron chi connectivity index (χ3n) is 2.62. The van der Waals surface area contributed by atoms with Crippen LogP contribution in [-0.4, -0.2) is 0 Å². The van der Waals surface area contributed by atoms with Gasteiger partial charge in [0.25, 0.3) is 0 Å². The van der Waals surface area contributed by atoms with Crippen LogP contribution in [0.1, 0.15) is 22.0 Å². The molecule has 0 amide bonds. The Hall–Kier alpha value is -1.26. The molecule has 2 N–H and O–H groups in total. The Labute approximate surface area is 103 Å². The predicted octanol–water partition coefficient (Wildman–Crippen LogP) is 3.58. The Bertz CT molecular complexity index is 522. The van der Waals surface area contributed by atoms with Gasteiger partial charge < -0.3 is 5.73 Å².